The van der Waals surface area contributed by atoms with Gasteiger partial charge in [-0.2, -0.15) is 0 Å². The number of ketones is 2. The number of anilines is 2. The predicted octanol–water partition coefficient (Wildman–Crippen LogP) is 6.00. The molecule has 0 saturated carbocycles. The van der Waals surface area contributed by atoms with Crippen molar-refractivity contribution in [1.29, 1.82) is 0 Å². The zero-order valence-corrected chi connectivity index (χ0v) is 22.8. The normalized spacial score (nSPS) is 24.1. The van der Waals surface area contributed by atoms with E-state index in [0.717, 1.165) is 22.4 Å². The number of fused-ring (bicyclic) bond motifs is 6. The number of para-hydroxylation sites is 2. The van der Waals surface area contributed by atoms with Gasteiger partial charge in [-0.15, -0.1) is 11.3 Å². The van der Waals surface area contributed by atoms with Crippen molar-refractivity contribution >= 4 is 45.8 Å². The van der Waals surface area contributed by atoms with Crippen LogP contribution in [0.5, 0.6) is 5.75 Å². The third kappa shape index (κ3) is 3.24. The molecule has 0 aliphatic carbocycles. The van der Waals surface area contributed by atoms with E-state index in [1.807, 2.05) is 71.8 Å². The van der Waals surface area contributed by atoms with E-state index in [4.69, 9.17) is 4.74 Å². The number of hydrogen-bond acceptors (Lipinski definition) is 6. The number of amides is 1. The Bertz CT molecular complexity index is 1730. The molecule has 3 aromatic carbocycles. The van der Waals surface area contributed by atoms with Crippen LogP contribution in [-0.4, -0.2) is 36.7 Å². The number of methoxy groups -OCH3 is 1. The van der Waals surface area contributed by atoms with Crippen molar-refractivity contribution in [3.63, 3.8) is 0 Å². The van der Waals surface area contributed by atoms with E-state index in [2.05, 4.69) is 11.4 Å². The number of allylic oxidation sites excluding steroid dienone is 1. The van der Waals surface area contributed by atoms with Crippen molar-refractivity contribution in [2.24, 2.45) is 5.92 Å². The van der Waals surface area contributed by atoms with Crippen molar-refractivity contribution < 1.29 is 19.1 Å². The second kappa shape index (κ2) is 9.03. The maximum absolute atomic E-state index is 14.7. The van der Waals surface area contributed by atoms with Gasteiger partial charge >= 0.3 is 0 Å². The van der Waals surface area contributed by atoms with E-state index in [0.29, 0.717) is 21.9 Å². The molecule has 1 N–H and O–H groups in total. The molecule has 1 fully saturated rings. The minimum Gasteiger partial charge on any atom is -0.497 e. The predicted molar refractivity (Wildman–Crippen MR) is 156 cm³/mol. The van der Waals surface area contributed by atoms with Crippen LogP contribution < -0.4 is 15.0 Å². The lowest BCUT2D eigenvalue weighted by Crippen LogP contribution is -2.51. The molecule has 0 radical (unpaired) electrons. The molecule has 4 atom stereocenters. The van der Waals surface area contributed by atoms with Crippen LogP contribution in [0, 0.1) is 5.92 Å². The second-order valence-corrected chi connectivity index (χ2v) is 11.4. The SMILES string of the molecule is COc1cccc(C(=O)[C@@H]2[C@H](C(=O)c3cccs3)[C@]3(C(=O)Nc4ccccc43)[C@@H]3C=C(C)c4ccccc4N23)c1. The van der Waals surface area contributed by atoms with Crippen LogP contribution in [0.1, 0.15) is 38.1 Å². The Morgan fingerprint density at radius 1 is 0.950 bits per heavy atom. The van der Waals surface area contributed by atoms with E-state index in [-0.39, 0.29) is 17.5 Å². The van der Waals surface area contributed by atoms with Gasteiger partial charge in [-0.05, 0) is 53.8 Å². The molecule has 1 spiro atoms. The fourth-order valence-corrected chi connectivity index (χ4v) is 7.61. The first-order valence-corrected chi connectivity index (χ1v) is 14.1. The summed E-state index contributed by atoms with van der Waals surface area (Å²) in [6.07, 6.45) is 2.07. The Balaban J connectivity index is 1.55. The van der Waals surface area contributed by atoms with Crippen molar-refractivity contribution in [3.8, 4) is 5.75 Å². The van der Waals surface area contributed by atoms with Crippen molar-refractivity contribution in [1.82, 2.24) is 0 Å². The van der Waals surface area contributed by atoms with E-state index in [9.17, 15) is 14.4 Å². The first-order valence-electron chi connectivity index (χ1n) is 13.2. The third-order valence-electron chi connectivity index (χ3n) is 8.55. The highest BCUT2D eigenvalue weighted by Gasteiger charge is 2.70. The molecule has 3 aliphatic heterocycles. The molecular weight excluding hydrogens is 520 g/mol. The van der Waals surface area contributed by atoms with Gasteiger partial charge in [-0.25, -0.2) is 0 Å². The maximum Gasteiger partial charge on any atom is 0.238 e. The van der Waals surface area contributed by atoms with E-state index in [1.165, 1.54) is 11.3 Å². The van der Waals surface area contributed by atoms with Crippen LogP contribution in [0.15, 0.2) is 96.4 Å². The number of carbonyl (C=O) groups excluding carboxylic acids is 3. The molecule has 4 heterocycles. The van der Waals surface area contributed by atoms with Crippen LogP contribution in [0.25, 0.3) is 5.57 Å². The first kappa shape index (κ1) is 24.5. The zero-order chi connectivity index (χ0) is 27.6. The van der Waals surface area contributed by atoms with Crippen molar-refractivity contribution in [2.75, 3.05) is 17.3 Å². The molecule has 1 aromatic heterocycles. The molecule has 7 heteroatoms. The van der Waals surface area contributed by atoms with Gasteiger partial charge in [0.15, 0.2) is 11.6 Å². The average molecular weight is 547 g/mol. The first-order chi connectivity index (χ1) is 19.5. The summed E-state index contributed by atoms with van der Waals surface area (Å²) in [4.78, 5) is 46.3. The standard InChI is InChI=1S/C33H26N2O4S/c1-19-17-27-33(23-12-4-5-13-24(23)34-32(33)38)28(31(37)26-15-8-16-40-26)29(35(27)25-14-6-3-11-22(19)25)30(36)20-9-7-10-21(18-20)39-2/h3-18,27-29H,1-2H3,(H,34,38)/t27-,28+,29-,33+/m0/s1. The second-order valence-electron chi connectivity index (χ2n) is 10.4. The number of nitrogens with one attached hydrogen (secondary N) is 1. The summed E-state index contributed by atoms with van der Waals surface area (Å²) in [5, 5.41) is 4.92. The number of carbonyl (C=O) groups is 3. The smallest absolute Gasteiger partial charge is 0.238 e. The van der Waals surface area contributed by atoms with E-state index in [1.54, 1.807) is 37.4 Å². The minimum absolute atomic E-state index is 0.207. The summed E-state index contributed by atoms with van der Waals surface area (Å²) in [5.74, 6) is -1.12. The van der Waals surface area contributed by atoms with Gasteiger partial charge in [-0.3, -0.25) is 14.4 Å². The zero-order valence-electron chi connectivity index (χ0n) is 22.0. The Morgan fingerprint density at radius 2 is 1.75 bits per heavy atom. The molecule has 3 aliphatic rings. The van der Waals surface area contributed by atoms with Gasteiger partial charge in [0.2, 0.25) is 5.91 Å². The summed E-state index contributed by atoms with van der Waals surface area (Å²) in [7, 11) is 1.56. The molecule has 6 nitrogen and oxygen atoms in total. The number of hydrogen-bond donors (Lipinski definition) is 1. The van der Waals surface area contributed by atoms with Crippen LogP contribution in [0.4, 0.5) is 11.4 Å². The summed E-state index contributed by atoms with van der Waals surface area (Å²) in [5.41, 5.74) is 3.36. The van der Waals surface area contributed by atoms with Gasteiger partial charge in [0.1, 0.15) is 17.2 Å². The highest BCUT2D eigenvalue weighted by molar-refractivity contribution is 7.12. The maximum atomic E-state index is 14.7. The topological polar surface area (TPSA) is 75.7 Å². The number of ether oxygens (including phenoxy) is 1. The Morgan fingerprint density at radius 3 is 2.55 bits per heavy atom. The van der Waals surface area contributed by atoms with Crippen LogP contribution >= 0.6 is 11.3 Å². The summed E-state index contributed by atoms with van der Waals surface area (Å²) >= 11 is 1.33. The number of benzene rings is 3. The molecule has 1 saturated heterocycles. The fraction of sp³-hybridized carbons (Fsp3) is 0.182. The molecule has 0 unspecified atom stereocenters. The summed E-state index contributed by atoms with van der Waals surface area (Å²) in [6, 6.07) is 24.6. The van der Waals surface area contributed by atoms with Crippen LogP contribution in [0.2, 0.25) is 0 Å². The summed E-state index contributed by atoms with van der Waals surface area (Å²) in [6.45, 7) is 2.02. The molecular formula is C33H26N2O4S. The van der Waals surface area contributed by atoms with Crippen LogP contribution in [-0.2, 0) is 10.2 Å². The lowest BCUT2D eigenvalue weighted by atomic mass is 9.64. The molecule has 7 rings (SSSR count). The van der Waals surface area contributed by atoms with Gasteiger partial charge in [-0.1, -0.05) is 60.7 Å². The molecule has 40 heavy (non-hydrogen) atoms. The van der Waals surface area contributed by atoms with E-state index >= 15 is 0 Å². The van der Waals surface area contributed by atoms with Crippen molar-refractivity contribution in [2.45, 2.75) is 24.4 Å². The monoisotopic (exact) mass is 546 g/mol. The van der Waals surface area contributed by atoms with Gasteiger partial charge in [0.25, 0.3) is 0 Å². The highest BCUT2D eigenvalue weighted by Crippen LogP contribution is 2.59. The molecule has 1 amide bonds. The number of thiophene rings is 1. The minimum atomic E-state index is -1.31. The van der Waals surface area contributed by atoms with Gasteiger partial charge in [0, 0.05) is 22.5 Å². The molecule has 4 aromatic rings. The van der Waals surface area contributed by atoms with E-state index < -0.39 is 23.4 Å². The Hall–Kier alpha value is -4.49. The molecule has 0 bridgehead atoms. The van der Waals surface area contributed by atoms with Crippen LogP contribution in [0.3, 0.4) is 0 Å². The van der Waals surface area contributed by atoms with Crippen molar-refractivity contribution in [3.05, 3.63) is 118 Å². The lowest BCUT2D eigenvalue weighted by molar-refractivity contribution is -0.121. The number of nitrogens with zero attached hydrogens (tertiary/aromatic N) is 1. The van der Waals surface area contributed by atoms with Gasteiger partial charge in [0.05, 0.1) is 23.9 Å². The summed E-state index contributed by atoms with van der Waals surface area (Å²) < 4.78 is 5.43. The fourth-order valence-electron chi connectivity index (χ4n) is 6.91. The van der Waals surface area contributed by atoms with Gasteiger partial charge < -0.3 is 15.0 Å². The number of Topliss-reactive ketones (excluding diaryl/α,β-unsaturated/α-hetero) is 2. The molecule has 198 valence electrons. The number of rotatable bonds is 5. The quantitative estimate of drug-likeness (QED) is 0.311. The largest absolute Gasteiger partial charge is 0.497 e. The average Bonchev–Trinajstić information content (AvgIpc) is 3.70. The highest BCUT2D eigenvalue weighted by atomic mass is 32.1. The third-order valence-corrected chi connectivity index (χ3v) is 9.44. The lowest BCUT2D eigenvalue weighted by Gasteiger charge is -2.39. The Kier molecular flexibility index (Phi) is 5.54. The Labute approximate surface area is 235 Å².